The Bertz CT molecular complexity index is 432. The molecule has 0 saturated carbocycles. The van der Waals surface area contributed by atoms with Gasteiger partial charge in [0.25, 0.3) is 0 Å². The summed E-state index contributed by atoms with van der Waals surface area (Å²) in [7, 11) is 0. The fraction of sp³-hybridized carbons (Fsp3) is 0.308. The molecule has 0 unspecified atom stereocenters. The highest BCUT2D eigenvalue weighted by Gasteiger charge is 2.06. The molecular formula is C13H16BrNO3. The number of esters is 1. The Morgan fingerprint density at radius 1 is 1.50 bits per heavy atom. The van der Waals surface area contributed by atoms with Crippen LogP contribution in [0.1, 0.15) is 12.5 Å². The third kappa shape index (κ3) is 4.50. The van der Waals surface area contributed by atoms with Crippen LogP contribution in [0, 0.1) is 0 Å². The Balaban J connectivity index is 2.87. The number of benzene rings is 1. The molecule has 5 heteroatoms. The normalized spacial score (nSPS) is 10.6. The highest BCUT2D eigenvalue weighted by molar-refractivity contribution is 9.10. The summed E-state index contributed by atoms with van der Waals surface area (Å²) in [6, 6.07) is 5.59. The lowest BCUT2D eigenvalue weighted by Crippen LogP contribution is -2.11. The number of para-hydroxylation sites is 1. The predicted octanol–water partition coefficient (Wildman–Crippen LogP) is 2.36. The summed E-state index contributed by atoms with van der Waals surface area (Å²) in [4.78, 5) is 11.2. The zero-order valence-electron chi connectivity index (χ0n) is 10.2. The van der Waals surface area contributed by atoms with E-state index in [1.165, 1.54) is 6.08 Å². The van der Waals surface area contributed by atoms with Crippen LogP contribution in [-0.4, -0.2) is 25.7 Å². The standard InChI is InChI=1S/C13H16BrNO3/c1-2-17-12(16)7-6-10-4-3-5-11(14)13(10)18-9-8-15/h3-7H,2,8-9,15H2,1H3/b7-6+. The van der Waals surface area contributed by atoms with Gasteiger partial charge in [0, 0.05) is 18.2 Å². The molecule has 0 aliphatic heterocycles. The summed E-state index contributed by atoms with van der Waals surface area (Å²) in [5.74, 6) is 0.297. The van der Waals surface area contributed by atoms with Crippen molar-refractivity contribution in [3.8, 4) is 5.75 Å². The zero-order chi connectivity index (χ0) is 13.4. The number of rotatable bonds is 6. The summed E-state index contributed by atoms with van der Waals surface area (Å²) in [5.41, 5.74) is 6.20. The third-order valence-electron chi connectivity index (χ3n) is 2.05. The first-order chi connectivity index (χ1) is 8.69. The molecule has 0 heterocycles. The maximum absolute atomic E-state index is 11.2. The van der Waals surface area contributed by atoms with Crippen molar-refractivity contribution < 1.29 is 14.3 Å². The van der Waals surface area contributed by atoms with E-state index >= 15 is 0 Å². The van der Waals surface area contributed by atoms with Gasteiger partial charge in [0.15, 0.2) is 0 Å². The Hall–Kier alpha value is -1.33. The molecule has 0 amide bonds. The fourth-order valence-corrected chi connectivity index (χ4v) is 1.81. The van der Waals surface area contributed by atoms with Crippen LogP contribution >= 0.6 is 15.9 Å². The van der Waals surface area contributed by atoms with Crippen LogP contribution in [0.25, 0.3) is 6.08 Å². The minimum absolute atomic E-state index is 0.359. The lowest BCUT2D eigenvalue weighted by Gasteiger charge is -2.10. The molecule has 0 bridgehead atoms. The van der Waals surface area contributed by atoms with E-state index in [9.17, 15) is 4.79 Å². The minimum Gasteiger partial charge on any atom is -0.490 e. The Morgan fingerprint density at radius 3 is 2.94 bits per heavy atom. The first kappa shape index (κ1) is 14.7. The molecule has 0 fully saturated rings. The fourth-order valence-electron chi connectivity index (χ4n) is 1.32. The first-order valence-corrected chi connectivity index (χ1v) is 6.44. The van der Waals surface area contributed by atoms with Crippen molar-refractivity contribution in [1.82, 2.24) is 0 Å². The molecular weight excluding hydrogens is 298 g/mol. The van der Waals surface area contributed by atoms with Crippen molar-refractivity contribution in [3.05, 3.63) is 34.3 Å². The maximum Gasteiger partial charge on any atom is 0.330 e. The van der Waals surface area contributed by atoms with E-state index in [0.717, 1.165) is 10.0 Å². The molecule has 4 nitrogen and oxygen atoms in total. The van der Waals surface area contributed by atoms with Gasteiger partial charge in [0.1, 0.15) is 12.4 Å². The van der Waals surface area contributed by atoms with Crippen molar-refractivity contribution in [2.24, 2.45) is 5.73 Å². The van der Waals surface area contributed by atoms with Gasteiger partial charge in [0.05, 0.1) is 11.1 Å². The molecule has 0 saturated heterocycles. The molecule has 18 heavy (non-hydrogen) atoms. The molecule has 0 atom stereocenters. The molecule has 0 radical (unpaired) electrons. The van der Waals surface area contributed by atoms with E-state index in [-0.39, 0.29) is 5.97 Å². The number of halogens is 1. The number of nitrogens with two attached hydrogens (primary N) is 1. The van der Waals surface area contributed by atoms with E-state index in [1.807, 2.05) is 18.2 Å². The van der Waals surface area contributed by atoms with Crippen molar-refractivity contribution in [1.29, 1.82) is 0 Å². The third-order valence-corrected chi connectivity index (χ3v) is 2.67. The van der Waals surface area contributed by atoms with Crippen molar-refractivity contribution >= 4 is 28.0 Å². The Kier molecular flexibility index (Phi) is 6.46. The number of carbonyl (C=O) groups excluding carboxylic acids is 1. The molecule has 1 rings (SSSR count). The van der Waals surface area contributed by atoms with Gasteiger partial charge in [-0.05, 0) is 35.0 Å². The van der Waals surface area contributed by atoms with Crippen molar-refractivity contribution in [3.63, 3.8) is 0 Å². The highest BCUT2D eigenvalue weighted by atomic mass is 79.9. The summed E-state index contributed by atoms with van der Waals surface area (Å²) in [6.45, 7) is 2.98. The van der Waals surface area contributed by atoms with Gasteiger partial charge >= 0.3 is 5.97 Å². The summed E-state index contributed by atoms with van der Waals surface area (Å²) in [5, 5.41) is 0. The maximum atomic E-state index is 11.2. The van der Waals surface area contributed by atoms with E-state index in [0.29, 0.717) is 25.5 Å². The lowest BCUT2D eigenvalue weighted by molar-refractivity contribution is -0.137. The van der Waals surface area contributed by atoms with Crippen LogP contribution in [0.15, 0.2) is 28.7 Å². The average Bonchev–Trinajstić information content (AvgIpc) is 2.35. The summed E-state index contributed by atoms with van der Waals surface area (Å²) in [6.07, 6.45) is 3.04. The molecule has 1 aromatic carbocycles. The number of hydrogen-bond donors (Lipinski definition) is 1. The largest absolute Gasteiger partial charge is 0.490 e. The van der Waals surface area contributed by atoms with E-state index in [1.54, 1.807) is 13.0 Å². The van der Waals surface area contributed by atoms with Gasteiger partial charge < -0.3 is 15.2 Å². The SMILES string of the molecule is CCOC(=O)/C=C/c1cccc(Br)c1OCCN. The van der Waals surface area contributed by atoms with Gasteiger partial charge in [-0.25, -0.2) is 4.79 Å². The van der Waals surface area contributed by atoms with Crippen molar-refractivity contribution in [2.45, 2.75) is 6.92 Å². The highest BCUT2D eigenvalue weighted by Crippen LogP contribution is 2.29. The molecule has 0 aromatic heterocycles. The molecule has 2 N–H and O–H groups in total. The summed E-state index contributed by atoms with van der Waals surface area (Å²) < 4.78 is 11.2. The molecule has 0 aliphatic rings. The first-order valence-electron chi connectivity index (χ1n) is 5.65. The lowest BCUT2D eigenvalue weighted by atomic mass is 10.2. The number of hydrogen-bond acceptors (Lipinski definition) is 4. The van der Waals surface area contributed by atoms with E-state index in [2.05, 4.69) is 15.9 Å². The van der Waals surface area contributed by atoms with E-state index in [4.69, 9.17) is 15.2 Å². The van der Waals surface area contributed by atoms with Crippen LogP contribution in [0.4, 0.5) is 0 Å². The molecule has 98 valence electrons. The Morgan fingerprint density at radius 2 is 2.28 bits per heavy atom. The molecule has 1 aromatic rings. The topological polar surface area (TPSA) is 61.5 Å². The van der Waals surface area contributed by atoms with Gasteiger partial charge in [-0.3, -0.25) is 0 Å². The van der Waals surface area contributed by atoms with Crippen LogP contribution in [-0.2, 0) is 9.53 Å². The van der Waals surface area contributed by atoms with Gasteiger partial charge in [-0.15, -0.1) is 0 Å². The van der Waals surface area contributed by atoms with Crippen LogP contribution in [0.2, 0.25) is 0 Å². The number of ether oxygens (including phenoxy) is 2. The second-order valence-electron chi connectivity index (χ2n) is 3.38. The Labute approximate surface area is 115 Å². The second kappa shape index (κ2) is 7.89. The van der Waals surface area contributed by atoms with Gasteiger partial charge in [-0.1, -0.05) is 12.1 Å². The van der Waals surface area contributed by atoms with Gasteiger partial charge in [-0.2, -0.15) is 0 Å². The second-order valence-corrected chi connectivity index (χ2v) is 4.24. The minimum atomic E-state index is -0.373. The average molecular weight is 314 g/mol. The molecule has 0 spiro atoms. The zero-order valence-corrected chi connectivity index (χ0v) is 11.8. The van der Waals surface area contributed by atoms with Crippen LogP contribution in [0.3, 0.4) is 0 Å². The van der Waals surface area contributed by atoms with Crippen molar-refractivity contribution in [2.75, 3.05) is 19.8 Å². The molecule has 0 aliphatic carbocycles. The van der Waals surface area contributed by atoms with Gasteiger partial charge in [0.2, 0.25) is 0 Å². The smallest absolute Gasteiger partial charge is 0.330 e. The van der Waals surface area contributed by atoms with E-state index < -0.39 is 0 Å². The number of carbonyl (C=O) groups is 1. The predicted molar refractivity (Wildman–Crippen MR) is 74.4 cm³/mol. The summed E-state index contributed by atoms with van der Waals surface area (Å²) >= 11 is 3.40. The van der Waals surface area contributed by atoms with Crippen LogP contribution in [0.5, 0.6) is 5.75 Å². The quantitative estimate of drug-likeness (QED) is 0.647. The van der Waals surface area contributed by atoms with Crippen LogP contribution < -0.4 is 10.5 Å². The monoisotopic (exact) mass is 313 g/mol.